The summed E-state index contributed by atoms with van der Waals surface area (Å²) in [5, 5.41) is 12.8. The fraction of sp³-hybridized carbons (Fsp3) is 0.304. The summed E-state index contributed by atoms with van der Waals surface area (Å²) in [5.41, 5.74) is -1.87. The van der Waals surface area contributed by atoms with Gasteiger partial charge < -0.3 is 5.32 Å². The largest absolute Gasteiger partial charge is 0.352 e. The SMILES string of the molecule is C#C[C@@H](Nc1nc(C)nc2cc(=O)n(C3(C#N)CC3)cc12)c1cccc(C(C)(F)F)c1F. The highest BCUT2D eigenvalue weighted by atomic mass is 19.3. The maximum Gasteiger partial charge on any atom is 0.273 e. The molecular weight excluding hydrogens is 419 g/mol. The first-order valence-corrected chi connectivity index (χ1v) is 9.82. The minimum absolute atomic E-state index is 0.139. The summed E-state index contributed by atoms with van der Waals surface area (Å²) in [5.74, 6) is -1.60. The van der Waals surface area contributed by atoms with Crippen molar-refractivity contribution in [3.63, 3.8) is 0 Å². The molecule has 0 bridgehead atoms. The smallest absolute Gasteiger partial charge is 0.273 e. The monoisotopic (exact) mass is 437 g/mol. The van der Waals surface area contributed by atoms with E-state index in [4.69, 9.17) is 6.42 Å². The molecule has 0 aliphatic heterocycles. The van der Waals surface area contributed by atoms with E-state index in [1.54, 1.807) is 6.92 Å². The molecular formula is C23H18F3N5O. The molecule has 1 aliphatic carbocycles. The molecule has 1 saturated carbocycles. The predicted molar refractivity (Wildman–Crippen MR) is 113 cm³/mol. The zero-order valence-corrected chi connectivity index (χ0v) is 17.3. The normalized spacial score (nSPS) is 15.6. The van der Waals surface area contributed by atoms with Crippen molar-refractivity contribution in [2.24, 2.45) is 0 Å². The molecule has 4 rings (SSSR count). The van der Waals surface area contributed by atoms with E-state index in [0.29, 0.717) is 36.5 Å². The predicted octanol–water partition coefficient (Wildman–Crippen LogP) is 4.15. The number of fused-ring (bicyclic) bond motifs is 1. The van der Waals surface area contributed by atoms with Crippen LogP contribution in [-0.2, 0) is 11.5 Å². The van der Waals surface area contributed by atoms with Crippen molar-refractivity contribution in [1.29, 1.82) is 5.26 Å². The van der Waals surface area contributed by atoms with Gasteiger partial charge in [0, 0.05) is 24.8 Å². The van der Waals surface area contributed by atoms with Gasteiger partial charge in [-0.15, -0.1) is 6.42 Å². The Labute approximate surface area is 181 Å². The maximum absolute atomic E-state index is 14.9. The first-order chi connectivity index (χ1) is 15.1. The van der Waals surface area contributed by atoms with Crippen LogP contribution < -0.4 is 10.9 Å². The van der Waals surface area contributed by atoms with Crippen LogP contribution in [-0.4, -0.2) is 14.5 Å². The van der Waals surface area contributed by atoms with Crippen LogP contribution in [0.4, 0.5) is 19.0 Å². The van der Waals surface area contributed by atoms with Crippen molar-refractivity contribution in [3.8, 4) is 18.4 Å². The standard InChI is InChI=1S/C23H18F3N5O/c1-4-17(14-6-5-7-16(20(14)24)22(3,25)26)30-21-15-11-31(23(12-27)8-9-23)19(32)10-18(15)28-13(2)29-21/h1,5-7,10-11,17H,8-9H2,2-3H3,(H,28,29,30)/t17-/m1/s1. The number of halogens is 3. The summed E-state index contributed by atoms with van der Waals surface area (Å²) in [6.45, 7) is 2.22. The van der Waals surface area contributed by atoms with Crippen LogP contribution in [0.25, 0.3) is 10.9 Å². The number of benzene rings is 1. The lowest BCUT2D eigenvalue weighted by Gasteiger charge is -2.20. The molecule has 162 valence electrons. The van der Waals surface area contributed by atoms with Crippen molar-refractivity contribution in [1.82, 2.24) is 14.5 Å². The number of rotatable bonds is 5. The van der Waals surface area contributed by atoms with E-state index in [1.165, 1.54) is 29.0 Å². The van der Waals surface area contributed by atoms with Crippen LogP contribution in [0.5, 0.6) is 0 Å². The highest BCUT2D eigenvalue weighted by Gasteiger charge is 2.46. The Morgan fingerprint density at radius 2 is 2.06 bits per heavy atom. The Bertz CT molecular complexity index is 1370. The van der Waals surface area contributed by atoms with Gasteiger partial charge in [-0.05, 0) is 19.8 Å². The van der Waals surface area contributed by atoms with Gasteiger partial charge in [-0.3, -0.25) is 9.36 Å². The summed E-state index contributed by atoms with van der Waals surface area (Å²) in [6.07, 6.45) is 8.18. The van der Waals surface area contributed by atoms with Crippen LogP contribution in [0.1, 0.15) is 42.8 Å². The molecule has 1 N–H and O–H groups in total. The Kier molecular flexibility index (Phi) is 4.93. The average molecular weight is 437 g/mol. The Morgan fingerprint density at radius 3 is 2.66 bits per heavy atom. The fourth-order valence-corrected chi connectivity index (χ4v) is 3.65. The minimum atomic E-state index is -3.39. The zero-order chi connectivity index (χ0) is 23.3. The quantitative estimate of drug-likeness (QED) is 0.607. The summed E-state index contributed by atoms with van der Waals surface area (Å²) >= 11 is 0. The Balaban J connectivity index is 1.84. The lowest BCUT2D eigenvalue weighted by molar-refractivity contribution is 0.0136. The highest BCUT2D eigenvalue weighted by molar-refractivity contribution is 5.88. The minimum Gasteiger partial charge on any atom is -0.352 e. The third kappa shape index (κ3) is 3.56. The lowest BCUT2D eigenvalue weighted by Crippen LogP contribution is -2.28. The number of nitriles is 1. The second-order valence-corrected chi connectivity index (χ2v) is 7.88. The number of pyridine rings is 1. The van der Waals surface area contributed by atoms with Gasteiger partial charge in [0.15, 0.2) is 0 Å². The van der Waals surface area contributed by atoms with E-state index in [2.05, 4.69) is 27.3 Å². The third-order valence-corrected chi connectivity index (χ3v) is 5.50. The zero-order valence-electron chi connectivity index (χ0n) is 17.3. The van der Waals surface area contributed by atoms with E-state index in [0.717, 1.165) is 6.07 Å². The molecule has 3 aromatic rings. The molecule has 0 saturated heterocycles. The number of hydrogen-bond donors (Lipinski definition) is 1. The average Bonchev–Trinajstić information content (AvgIpc) is 3.52. The molecule has 6 nitrogen and oxygen atoms in total. The van der Waals surface area contributed by atoms with E-state index in [9.17, 15) is 23.2 Å². The topological polar surface area (TPSA) is 83.6 Å². The maximum atomic E-state index is 14.9. The molecule has 1 aliphatic rings. The van der Waals surface area contributed by atoms with Crippen LogP contribution in [0.3, 0.4) is 0 Å². The van der Waals surface area contributed by atoms with Crippen LogP contribution >= 0.6 is 0 Å². The Morgan fingerprint density at radius 1 is 1.34 bits per heavy atom. The summed E-state index contributed by atoms with van der Waals surface area (Å²) in [7, 11) is 0. The van der Waals surface area contributed by atoms with Crippen molar-refractivity contribution < 1.29 is 13.2 Å². The van der Waals surface area contributed by atoms with Crippen LogP contribution in [0.2, 0.25) is 0 Å². The van der Waals surface area contributed by atoms with E-state index in [-0.39, 0.29) is 16.9 Å². The van der Waals surface area contributed by atoms with Gasteiger partial charge in [-0.1, -0.05) is 24.1 Å². The number of terminal acetylenes is 1. The summed E-state index contributed by atoms with van der Waals surface area (Å²) in [6, 6.07) is 5.97. The first kappa shape index (κ1) is 21.4. The Hall–Kier alpha value is -3.85. The van der Waals surface area contributed by atoms with Crippen molar-refractivity contribution in [2.75, 3.05) is 5.32 Å². The van der Waals surface area contributed by atoms with E-state index < -0.39 is 28.9 Å². The molecule has 0 radical (unpaired) electrons. The molecule has 0 amide bonds. The van der Waals surface area contributed by atoms with E-state index >= 15 is 0 Å². The number of nitrogens with zero attached hydrogens (tertiary/aromatic N) is 4. The van der Waals surface area contributed by atoms with Gasteiger partial charge in [-0.25, -0.2) is 23.1 Å². The van der Waals surface area contributed by atoms with Gasteiger partial charge in [0.1, 0.15) is 29.0 Å². The number of alkyl halides is 2. The molecule has 2 aromatic heterocycles. The van der Waals surface area contributed by atoms with Crippen molar-refractivity contribution in [3.05, 3.63) is 63.6 Å². The summed E-state index contributed by atoms with van der Waals surface area (Å²) in [4.78, 5) is 21.1. The number of nitrogens with one attached hydrogen (secondary N) is 1. The second kappa shape index (κ2) is 7.38. The molecule has 2 heterocycles. The highest BCUT2D eigenvalue weighted by Crippen LogP contribution is 2.42. The van der Waals surface area contributed by atoms with Crippen LogP contribution in [0, 0.1) is 36.4 Å². The molecule has 1 fully saturated rings. The third-order valence-electron chi connectivity index (χ3n) is 5.50. The van der Waals surface area contributed by atoms with Gasteiger partial charge >= 0.3 is 0 Å². The second-order valence-electron chi connectivity index (χ2n) is 7.88. The van der Waals surface area contributed by atoms with Crippen LogP contribution in [0.15, 0.2) is 35.3 Å². The van der Waals surface area contributed by atoms with E-state index in [1.807, 2.05) is 0 Å². The van der Waals surface area contributed by atoms with Crippen molar-refractivity contribution in [2.45, 2.75) is 44.2 Å². The van der Waals surface area contributed by atoms with Gasteiger partial charge in [-0.2, -0.15) is 5.26 Å². The van der Waals surface area contributed by atoms with Crippen molar-refractivity contribution >= 4 is 16.7 Å². The molecule has 0 unspecified atom stereocenters. The number of hydrogen-bond acceptors (Lipinski definition) is 5. The molecule has 0 spiro atoms. The van der Waals surface area contributed by atoms with Gasteiger partial charge in [0.25, 0.3) is 11.5 Å². The lowest BCUT2D eigenvalue weighted by atomic mass is 10.00. The molecule has 9 heteroatoms. The molecule has 1 aromatic carbocycles. The van der Waals surface area contributed by atoms with Gasteiger partial charge in [0.05, 0.1) is 22.5 Å². The number of anilines is 1. The fourth-order valence-electron chi connectivity index (χ4n) is 3.65. The summed E-state index contributed by atoms with van der Waals surface area (Å²) < 4.78 is 43.8. The number of aryl methyl sites for hydroxylation is 1. The first-order valence-electron chi connectivity index (χ1n) is 9.82. The van der Waals surface area contributed by atoms with Gasteiger partial charge in [0.2, 0.25) is 0 Å². The molecule has 32 heavy (non-hydrogen) atoms. The molecule has 1 atom stereocenters. The number of aromatic nitrogens is 3.